The fourth-order valence-electron chi connectivity index (χ4n) is 3.39. The lowest BCUT2D eigenvalue weighted by Gasteiger charge is -2.37. The number of amides is 3. The van der Waals surface area contributed by atoms with Crippen LogP contribution in [0.3, 0.4) is 0 Å². The van der Waals surface area contributed by atoms with Crippen molar-refractivity contribution in [2.45, 2.75) is 26.4 Å². The number of para-hydroxylation sites is 1. The molecule has 2 aliphatic rings. The van der Waals surface area contributed by atoms with E-state index in [1.165, 1.54) is 0 Å². The van der Waals surface area contributed by atoms with E-state index in [9.17, 15) is 14.4 Å². The van der Waals surface area contributed by atoms with E-state index >= 15 is 0 Å². The summed E-state index contributed by atoms with van der Waals surface area (Å²) in [7, 11) is 1.76. The van der Waals surface area contributed by atoms with Gasteiger partial charge >= 0.3 is 6.09 Å². The number of benzene rings is 1. The Hall–Kier alpha value is -2.52. The second-order valence-electron chi connectivity index (χ2n) is 8.64. The molecule has 0 atom stereocenters. The molecule has 0 saturated carbocycles. The Kier molecular flexibility index (Phi) is 7.27. The molecule has 0 bridgehead atoms. The van der Waals surface area contributed by atoms with Crippen LogP contribution in [0.5, 0.6) is 0 Å². The maximum atomic E-state index is 12.1. The van der Waals surface area contributed by atoms with E-state index in [4.69, 9.17) is 4.74 Å². The molecule has 2 aliphatic heterocycles. The van der Waals surface area contributed by atoms with Crippen molar-refractivity contribution < 1.29 is 19.1 Å². The Labute approximate surface area is 187 Å². The number of piperazine rings is 1. The van der Waals surface area contributed by atoms with Crippen LogP contribution in [-0.4, -0.2) is 79.0 Å². The van der Waals surface area contributed by atoms with E-state index in [0.717, 1.165) is 55.7 Å². The van der Waals surface area contributed by atoms with E-state index in [2.05, 4.69) is 15.1 Å². The maximum absolute atomic E-state index is 12.1. The van der Waals surface area contributed by atoms with Crippen molar-refractivity contribution in [1.82, 2.24) is 15.1 Å². The van der Waals surface area contributed by atoms with E-state index in [1.807, 2.05) is 45.0 Å². The summed E-state index contributed by atoms with van der Waals surface area (Å²) >= 11 is 0.931. The highest BCUT2D eigenvalue weighted by molar-refractivity contribution is 8.18. The van der Waals surface area contributed by atoms with Crippen LogP contribution in [0.2, 0.25) is 0 Å². The molecule has 2 saturated heterocycles. The molecular weight excluding hydrogens is 416 g/mol. The molecule has 0 aromatic heterocycles. The van der Waals surface area contributed by atoms with Crippen molar-refractivity contribution in [2.75, 3.05) is 51.2 Å². The van der Waals surface area contributed by atoms with Gasteiger partial charge in [-0.1, -0.05) is 18.2 Å². The van der Waals surface area contributed by atoms with Gasteiger partial charge in [0.15, 0.2) is 0 Å². The van der Waals surface area contributed by atoms with Crippen LogP contribution in [0.1, 0.15) is 26.3 Å². The summed E-state index contributed by atoms with van der Waals surface area (Å²) in [5, 5.41) is 1.96. The summed E-state index contributed by atoms with van der Waals surface area (Å²) in [6, 6.07) is 7.91. The molecule has 3 rings (SSSR count). The van der Waals surface area contributed by atoms with Crippen molar-refractivity contribution in [3.05, 3.63) is 34.7 Å². The number of rotatable bonds is 5. The lowest BCUT2D eigenvalue weighted by atomic mass is 10.1. The highest BCUT2D eigenvalue weighted by Crippen LogP contribution is 2.30. The largest absolute Gasteiger partial charge is 0.444 e. The van der Waals surface area contributed by atoms with Crippen LogP contribution in [0.4, 0.5) is 15.3 Å². The Bertz CT molecular complexity index is 873. The molecule has 2 fully saturated rings. The average molecular weight is 447 g/mol. The molecule has 0 spiro atoms. The molecule has 0 unspecified atom stereocenters. The third-order valence-corrected chi connectivity index (χ3v) is 5.85. The van der Waals surface area contributed by atoms with E-state index in [1.54, 1.807) is 18.0 Å². The molecule has 9 heteroatoms. The van der Waals surface area contributed by atoms with E-state index < -0.39 is 5.60 Å². The molecule has 31 heavy (non-hydrogen) atoms. The number of ether oxygens (including phenoxy) is 1. The number of imide groups is 1. The predicted octanol–water partition coefficient (Wildman–Crippen LogP) is 3.00. The zero-order valence-corrected chi connectivity index (χ0v) is 19.3. The van der Waals surface area contributed by atoms with Crippen molar-refractivity contribution in [3.8, 4) is 0 Å². The molecule has 0 aliphatic carbocycles. The fourth-order valence-corrected chi connectivity index (χ4v) is 4.07. The van der Waals surface area contributed by atoms with Crippen molar-refractivity contribution in [3.63, 3.8) is 0 Å². The van der Waals surface area contributed by atoms with Gasteiger partial charge in [0.25, 0.3) is 11.1 Å². The summed E-state index contributed by atoms with van der Waals surface area (Å²) in [6.07, 6.45) is 1.47. The van der Waals surface area contributed by atoms with Crippen LogP contribution in [0.15, 0.2) is 29.2 Å². The van der Waals surface area contributed by atoms with Crippen molar-refractivity contribution in [2.24, 2.45) is 0 Å². The van der Waals surface area contributed by atoms with Crippen LogP contribution in [0, 0.1) is 0 Å². The monoisotopic (exact) mass is 446 g/mol. The number of nitrogens with zero attached hydrogens (tertiary/aromatic N) is 3. The molecule has 168 valence electrons. The van der Waals surface area contributed by atoms with Gasteiger partial charge in [0, 0.05) is 52.0 Å². The summed E-state index contributed by atoms with van der Waals surface area (Å²) in [5.41, 5.74) is 1.48. The number of carbonyl (C=O) groups is 3. The van der Waals surface area contributed by atoms with Crippen LogP contribution in [-0.2, 0) is 9.53 Å². The molecule has 1 aromatic carbocycles. The summed E-state index contributed by atoms with van der Waals surface area (Å²) in [6.45, 7) is 10.4. The molecule has 1 aromatic rings. The minimum Gasteiger partial charge on any atom is -0.444 e. The molecule has 0 radical (unpaired) electrons. The number of hydrogen-bond acceptors (Lipinski definition) is 7. The third kappa shape index (κ3) is 6.48. The molecule has 1 N–H and O–H groups in total. The third-order valence-electron chi connectivity index (χ3n) is 5.04. The number of likely N-dealkylation sites (N-methyl/N-ethyl adjacent to an activating group) is 1. The molecule has 3 amide bonds. The van der Waals surface area contributed by atoms with Gasteiger partial charge in [0.1, 0.15) is 5.60 Å². The first-order valence-corrected chi connectivity index (χ1v) is 11.2. The summed E-state index contributed by atoms with van der Waals surface area (Å²) < 4.78 is 5.40. The number of thioether (sulfide) groups is 1. The summed E-state index contributed by atoms with van der Waals surface area (Å²) in [4.78, 5) is 42.1. The topological polar surface area (TPSA) is 82.2 Å². The minimum absolute atomic E-state index is 0.305. The van der Waals surface area contributed by atoms with Gasteiger partial charge < -0.3 is 14.5 Å². The second-order valence-corrected chi connectivity index (χ2v) is 9.66. The van der Waals surface area contributed by atoms with Gasteiger partial charge in [-0.05, 0) is 50.2 Å². The highest BCUT2D eigenvalue weighted by Gasteiger charge is 2.26. The number of nitrogens with one attached hydrogen (secondary N) is 1. The number of anilines is 1. The van der Waals surface area contributed by atoms with Crippen LogP contribution < -0.4 is 10.2 Å². The van der Waals surface area contributed by atoms with Gasteiger partial charge in [0.2, 0.25) is 0 Å². The Morgan fingerprint density at radius 3 is 2.48 bits per heavy atom. The Morgan fingerprint density at radius 1 is 1.19 bits per heavy atom. The highest BCUT2D eigenvalue weighted by atomic mass is 32.2. The first-order chi connectivity index (χ1) is 14.6. The first kappa shape index (κ1) is 23.1. The standard InChI is InChI=1S/C22H30N4O4S/c1-22(2,3)30-21(29)24(4)9-10-25-11-13-26(14-12-25)17-8-6-5-7-16(17)15-18-19(27)23-20(28)31-18/h5-8,15H,9-14H2,1-4H3,(H,23,27,28)/b18-15-. The number of hydrogen-bond donors (Lipinski definition) is 1. The van der Waals surface area contributed by atoms with Gasteiger partial charge in [-0.2, -0.15) is 0 Å². The van der Waals surface area contributed by atoms with Crippen molar-refractivity contribution in [1.29, 1.82) is 0 Å². The lowest BCUT2D eigenvalue weighted by Crippen LogP contribution is -2.49. The Morgan fingerprint density at radius 2 is 1.87 bits per heavy atom. The predicted molar refractivity (Wildman–Crippen MR) is 123 cm³/mol. The Balaban J connectivity index is 1.55. The first-order valence-electron chi connectivity index (χ1n) is 10.4. The summed E-state index contributed by atoms with van der Waals surface area (Å²) in [5.74, 6) is -0.344. The molecular formula is C22H30N4O4S. The zero-order valence-electron chi connectivity index (χ0n) is 18.5. The smallest absolute Gasteiger partial charge is 0.410 e. The maximum Gasteiger partial charge on any atom is 0.410 e. The van der Waals surface area contributed by atoms with E-state index in [-0.39, 0.29) is 17.2 Å². The normalized spacial score (nSPS) is 19.0. The fraction of sp³-hybridized carbons (Fsp3) is 0.500. The van der Waals surface area contributed by atoms with E-state index in [0.29, 0.717) is 11.4 Å². The molecule has 8 nitrogen and oxygen atoms in total. The lowest BCUT2D eigenvalue weighted by molar-refractivity contribution is -0.115. The van der Waals surface area contributed by atoms with Crippen LogP contribution >= 0.6 is 11.8 Å². The van der Waals surface area contributed by atoms with Gasteiger partial charge in [-0.3, -0.25) is 19.8 Å². The second kappa shape index (κ2) is 9.74. The molecule has 2 heterocycles. The quantitative estimate of drug-likeness (QED) is 0.696. The van der Waals surface area contributed by atoms with Crippen LogP contribution in [0.25, 0.3) is 6.08 Å². The number of carbonyl (C=O) groups excluding carboxylic acids is 3. The van der Waals surface area contributed by atoms with Gasteiger partial charge in [0.05, 0.1) is 4.91 Å². The zero-order chi connectivity index (χ0) is 22.6. The van der Waals surface area contributed by atoms with Gasteiger partial charge in [-0.25, -0.2) is 4.79 Å². The average Bonchev–Trinajstić information content (AvgIpc) is 3.02. The van der Waals surface area contributed by atoms with Crippen molar-refractivity contribution >= 4 is 40.8 Å². The SMILES string of the molecule is CN(CCN1CCN(c2ccccc2/C=C2\SC(=O)NC2=O)CC1)C(=O)OC(C)(C)C. The minimum atomic E-state index is -0.495. The van der Waals surface area contributed by atoms with Gasteiger partial charge in [-0.15, -0.1) is 0 Å².